The predicted molar refractivity (Wildman–Crippen MR) is 108 cm³/mol. The van der Waals surface area contributed by atoms with E-state index in [9.17, 15) is 14.7 Å². The zero-order valence-corrected chi connectivity index (χ0v) is 15.4. The van der Waals surface area contributed by atoms with Gasteiger partial charge in [-0.15, -0.1) is 11.3 Å². The second kappa shape index (κ2) is 7.61. The number of hydrogen-bond acceptors (Lipinski definition) is 5. The molecule has 0 spiro atoms. The highest BCUT2D eigenvalue weighted by molar-refractivity contribution is 7.15. The van der Waals surface area contributed by atoms with Gasteiger partial charge in [0, 0.05) is 27.7 Å². The summed E-state index contributed by atoms with van der Waals surface area (Å²) in [6.45, 7) is 0. The van der Waals surface area contributed by atoms with Gasteiger partial charge in [-0.2, -0.15) is 0 Å². The number of halogens is 1. The summed E-state index contributed by atoms with van der Waals surface area (Å²) in [5.74, 6) is -1.69. The zero-order chi connectivity index (χ0) is 19.6. The van der Waals surface area contributed by atoms with Crippen LogP contribution in [0.15, 0.2) is 47.8 Å². The van der Waals surface area contributed by atoms with Crippen molar-refractivity contribution in [2.75, 3.05) is 11.1 Å². The number of carbonyl (C=O) groups is 2. The second-order valence-corrected chi connectivity index (χ2v) is 6.89. The number of hydrogen-bond donors (Lipinski definition) is 4. The minimum Gasteiger partial charge on any atom is -0.478 e. The first-order valence-electron chi connectivity index (χ1n) is 7.73. The molecule has 8 heteroatoms. The van der Waals surface area contributed by atoms with Crippen molar-refractivity contribution in [3.63, 3.8) is 0 Å². The van der Waals surface area contributed by atoms with Crippen molar-refractivity contribution in [2.45, 2.75) is 0 Å². The molecule has 0 saturated heterocycles. The number of aromatic carboxylic acids is 1. The molecule has 0 fully saturated rings. The van der Waals surface area contributed by atoms with Gasteiger partial charge in [0.25, 0.3) is 5.91 Å². The second-order valence-electron chi connectivity index (χ2n) is 5.57. The Morgan fingerprint density at radius 1 is 1.19 bits per heavy atom. The van der Waals surface area contributed by atoms with E-state index in [0.29, 0.717) is 21.7 Å². The number of para-hydroxylation sites is 1. The average Bonchev–Trinajstić information content (AvgIpc) is 3.06. The Labute approximate surface area is 163 Å². The Morgan fingerprint density at radius 3 is 2.52 bits per heavy atom. The normalized spacial score (nSPS) is 10.4. The molecule has 1 amide bonds. The molecule has 136 valence electrons. The molecule has 1 aromatic heterocycles. The number of carbonyl (C=O) groups excluding carboxylic acids is 1. The number of nitrogens with one attached hydrogen (secondary N) is 2. The molecule has 0 saturated carbocycles. The third-order valence-electron chi connectivity index (χ3n) is 3.93. The first kappa shape index (κ1) is 18.6. The Balaban J connectivity index is 1.98. The van der Waals surface area contributed by atoms with Crippen LogP contribution in [0, 0.1) is 5.41 Å². The van der Waals surface area contributed by atoms with Crippen LogP contribution in [0.25, 0.3) is 11.1 Å². The van der Waals surface area contributed by atoms with E-state index in [4.69, 9.17) is 22.7 Å². The lowest BCUT2D eigenvalue weighted by Crippen LogP contribution is -2.16. The molecule has 1 heterocycles. The van der Waals surface area contributed by atoms with Crippen LogP contribution >= 0.6 is 22.9 Å². The van der Waals surface area contributed by atoms with E-state index >= 15 is 0 Å². The summed E-state index contributed by atoms with van der Waals surface area (Å²) in [5.41, 5.74) is 7.83. The molecule has 0 aliphatic rings. The Morgan fingerprint density at radius 2 is 1.89 bits per heavy atom. The summed E-state index contributed by atoms with van der Waals surface area (Å²) in [4.78, 5) is 24.4. The largest absolute Gasteiger partial charge is 0.478 e. The van der Waals surface area contributed by atoms with Crippen molar-refractivity contribution >= 4 is 51.7 Å². The molecule has 0 radical (unpaired) electrons. The fourth-order valence-electron chi connectivity index (χ4n) is 2.58. The van der Waals surface area contributed by atoms with E-state index in [1.807, 2.05) is 0 Å². The van der Waals surface area contributed by atoms with Gasteiger partial charge in [-0.1, -0.05) is 35.9 Å². The maximum absolute atomic E-state index is 12.6. The van der Waals surface area contributed by atoms with Gasteiger partial charge in [0.1, 0.15) is 10.6 Å². The van der Waals surface area contributed by atoms with Crippen LogP contribution in [0.2, 0.25) is 5.02 Å². The minimum absolute atomic E-state index is 0.00236. The zero-order valence-electron chi connectivity index (χ0n) is 13.8. The Kier molecular flexibility index (Phi) is 5.25. The minimum atomic E-state index is -1.15. The van der Waals surface area contributed by atoms with E-state index in [0.717, 1.165) is 17.6 Å². The molecular weight excluding hydrogens is 386 g/mol. The first-order valence-corrected chi connectivity index (χ1v) is 8.99. The third kappa shape index (κ3) is 3.69. The summed E-state index contributed by atoms with van der Waals surface area (Å²) < 4.78 is 0. The molecule has 3 aromatic rings. The monoisotopic (exact) mass is 399 g/mol. The van der Waals surface area contributed by atoms with Gasteiger partial charge in [0.15, 0.2) is 0 Å². The fourth-order valence-corrected chi connectivity index (χ4v) is 3.66. The number of carboxylic acids is 1. The molecule has 0 aliphatic carbocycles. The van der Waals surface area contributed by atoms with Gasteiger partial charge in [0.2, 0.25) is 0 Å². The van der Waals surface area contributed by atoms with Gasteiger partial charge in [-0.3, -0.25) is 4.79 Å². The molecule has 0 atom stereocenters. The molecule has 6 nitrogen and oxygen atoms in total. The number of anilines is 2. The molecule has 2 aromatic carbocycles. The van der Waals surface area contributed by atoms with E-state index in [1.165, 1.54) is 6.07 Å². The van der Waals surface area contributed by atoms with Gasteiger partial charge in [-0.05, 0) is 23.8 Å². The van der Waals surface area contributed by atoms with Crippen LogP contribution in [0.4, 0.5) is 10.7 Å². The summed E-state index contributed by atoms with van der Waals surface area (Å²) in [7, 11) is 0. The summed E-state index contributed by atoms with van der Waals surface area (Å²) in [6.07, 6.45) is 1.05. The molecule has 3 rings (SSSR count). The highest BCUT2D eigenvalue weighted by Crippen LogP contribution is 2.36. The van der Waals surface area contributed by atoms with Crippen molar-refractivity contribution < 1.29 is 14.7 Å². The Hall–Kier alpha value is -3.16. The third-order valence-corrected chi connectivity index (χ3v) is 5.07. The summed E-state index contributed by atoms with van der Waals surface area (Å²) in [6, 6.07) is 11.5. The number of nitrogen functional groups attached to an aromatic ring is 1. The van der Waals surface area contributed by atoms with Crippen LogP contribution < -0.4 is 11.1 Å². The Bertz CT molecular complexity index is 1040. The molecule has 0 aliphatic heterocycles. The van der Waals surface area contributed by atoms with Crippen LogP contribution in [0.1, 0.15) is 26.3 Å². The lowest BCUT2D eigenvalue weighted by molar-refractivity contribution is 0.0699. The fraction of sp³-hybridized carbons (Fsp3) is 0. The standard InChI is InChI=1S/C19H14ClN3O3S/c20-12-6-4-10(5-7-12)14-9-27-18(15(14)19(25)26)23-17(24)13-3-1-2-11(8-21)16(13)22/h1-9,21H,22H2,(H,23,24)(H,25,26). The van der Waals surface area contributed by atoms with Crippen molar-refractivity contribution in [1.82, 2.24) is 0 Å². The predicted octanol–water partition coefficient (Wildman–Crippen LogP) is 4.60. The number of nitrogens with two attached hydrogens (primary N) is 1. The van der Waals surface area contributed by atoms with Crippen molar-refractivity contribution in [1.29, 1.82) is 5.41 Å². The van der Waals surface area contributed by atoms with Gasteiger partial charge in [-0.25, -0.2) is 4.79 Å². The number of rotatable bonds is 5. The number of carboxylic acid groups (broad SMARTS) is 1. The quantitative estimate of drug-likeness (QED) is 0.370. The van der Waals surface area contributed by atoms with Crippen LogP contribution in [-0.4, -0.2) is 23.2 Å². The van der Waals surface area contributed by atoms with E-state index in [-0.39, 0.29) is 21.8 Å². The highest BCUT2D eigenvalue weighted by Gasteiger charge is 2.22. The van der Waals surface area contributed by atoms with Crippen LogP contribution in [0.5, 0.6) is 0 Å². The smallest absolute Gasteiger partial charge is 0.339 e. The number of amides is 1. The van der Waals surface area contributed by atoms with E-state index < -0.39 is 11.9 Å². The van der Waals surface area contributed by atoms with Gasteiger partial charge >= 0.3 is 5.97 Å². The number of benzene rings is 2. The summed E-state index contributed by atoms with van der Waals surface area (Å²) in [5, 5.41) is 22.0. The molecule has 27 heavy (non-hydrogen) atoms. The first-order chi connectivity index (χ1) is 12.9. The number of thiophene rings is 1. The van der Waals surface area contributed by atoms with Gasteiger partial charge < -0.3 is 21.6 Å². The molecule has 0 unspecified atom stereocenters. The maximum Gasteiger partial charge on any atom is 0.339 e. The highest BCUT2D eigenvalue weighted by atomic mass is 35.5. The molecule has 0 bridgehead atoms. The van der Waals surface area contributed by atoms with E-state index in [1.54, 1.807) is 41.8 Å². The SMILES string of the molecule is N=Cc1cccc(C(=O)Nc2scc(-c3ccc(Cl)cc3)c2C(=O)O)c1N. The average molecular weight is 400 g/mol. The molecule has 5 N–H and O–H groups in total. The molecular formula is C19H14ClN3O3S. The van der Waals surface area contributed by atoms with Crippen molar-refractivity contribution in [2.24, 2.45) is 0 Å². The lowest BCUT2D eigenvalue weighted by Gasteiger charge is -2.09. The van der Waals surface area contributed by atoms with Crippen LogP contribution in [-0.2, 0) is 0 Å². The van der Waals surface area contributed by atoms with Gasteiger partial charge in [0.05, 0.1) is 11.3 Å². The van der Waals surface area contributed by atoms with Crippen molar-refractivity contribution in [3.8, 4) is 11.1 Å². The maximum atomic E-state index is 12.6. The van der Waals surface area contributed by atoms with Crippen LogP contribution in [0.3, 0.4) is 0 Å². The van der Waals surface area contributed by atoms with Crippen molar-refractivity contribution in [3.05, 3.63) is 69.6 Å². The topological polar surface area (TPSA) is 116 Å². The van der Waals surface area contributed by atoms with E-state index in [2.05, 4.69) is 5.32 Å². The summed E-state index contributed by atoms with van der Waals surface area (Å²) >= 11 is 7.00. The lowest BCUT2D eigenvalue weighted by atomic mass is 10.0.